The number of carbonyl (C=O) groups is 1. The van der Waals surface area contributed by atoms with E-state index in [1.807, 2.05) is 0 Å². The predicted octanol–water partition coefficient (Wildman–Crippen LogP) is 2.10. The molecule has 2 aromatic rings. The summed E-state index contributed by atoms with van der Waals surface area (Å²) in [5.41, 5.74) is 1.30. The van der Waals surface area contributed by atoms with Gasteiger partial charge in [-0.1, -0.05) is 30.3 Å². The van der Waals surface area contributed by atoms with Gasteiger partial charge in [0.25, 0.3) is 0 Å². The molecule has 3 rings (SSSR count). The number of carbonyl (C=O) groups excluding carboxylic acids is 1. The van der Waals surface area contributed by atoms with Gasteiger partial charge >= 0.3 is 0 Å². The van der Waals surface area contributed by atoms with Crippen LogP contribution in [0.2, 0.25) is 0 Å². The van der Waals surface area contributed by atoms with Gasteiger partial charge < -0.3 is 10.1 Å². The third kappa shape index (κ3) is 5.15. The minimum Gasteiger partial charge on any atom is -0.379 e. The maximum absolute atomic E-state index is 13.5. The van der Waals surface area contributed by atoms with Crippen LogP contribution >= 0.6 is 0 Å². The molecule has 1 fully saturated rings. The smallest absolute Gasteiger partial charge is 0.243 e. The van der Waals surface area contributed by atoms with E-state index in [1.165, 1.54) is 10.4 Å². The number of hydrogen-bond acceptors (Lipinski definition) is 4. The van der Waals surface area contributed by atoms with Crippen LogP contribution in [0.25, 0.3) is 0 Å². The zero-order chi connectivity index (χ0) is 20.0. The lowest BCUT2D eigenvalue weighted by Gasteiger charge is -2.26. The number of nitrogens with one attached hydrogen (secondary N) is 1. The Kier molecular flexibility index (Phi) is 6.77. The van der Waals surface area contributed by atoms with E-state index in [1.54, 1.807) is 42.5 Å². The highest BCUT2D eigenvalue weighted by Gasteiger charge is 2.26. The molecule has 1 aliphatic rings. The molecule has 1 aliphatic heterocycles. The van der Waals surface area contributed by atoms with Crippen molar-refractivity contribution in [2.45, 2.75) is 24.3 Å². The largest absolute Gasteiger partial charge is 0.379 e. The highest BCUT2D eigenvalue weighted by molar-refractivity contribution is 7.89. The Morgan fingerprint density at radius 3 is 2.43 bits per heavy atom. The summed E-state index contributed by atoms with van der Waals surface area (Å²) in [5, 5.41) is 2.70. The Morgan fingerprint density at radius 2 is 1.75 bits per heavy atom. The maximum Gasteiger partial charge on any atom is 0.243 e. The Balaban J connectivity index is 1.51. The minimum atomic E-state index is -3.51. The molecule has 0 spiro atoms. The van der Waals surface area contributed by atoms with Crippen molar-refractivity contribution in [3.63, 3.8) is 0 Å². The summed E-state index contributed by atoms with van der Waals surface area (Å²) in [6, 6.07) is 12.9. The van der Waals surface area contributed by atoms with Crippen LogP contribution in [0.3, 0.4) is 0 Å². The van der Waals surface area contributed by atoms with Crippen LogP contribution in [0.15, 0.2) is 53.4 Å². The average molecular weight is 406 g/mol. The van der Waals surface area contributed by atoms with Crippen molar-refractivity contribution in [3.8, 4) is 0 Å². The van der Waals surface area contributed by atoms with Crippen LogP contribution < -0.4 is 5.32 Å². The average Bonchev–Trinajstić information content (AvgIpc) is 2.72. The number of amides is 1. The summed E-state index contributed by atoms with van der Waals surface area (Å²) in [7, 11) is -3.51. The van der Waals surface area contributed by atoms with Crippen molar-refractivity contribution in [1.82, 2.24) is 9.62 Å². The third-order valence-corrected chi connectivity index (χ3v) is 6.52. The molecule has 0 aromatic heterocycles. The number of morpholine rings is 1. The number of halogens is 1. The topological polar surface area (TPSA) is 75.7 Å². The summed E-state index contributed by atoms with van der Waals surface area (Å²) in [4.78, 5) is 12.2. The maximum atomic E-state index is 13.5. The minimum absolute atomic E-state index is 0.141. The highest BCUT2D eigenvalue weighted by Crippen LogP contribution is 2.18. The summed E-state index contributed by atoms with van der Waals surface area (Å²) in [5.74, 6) is -0.534. The van der Waals surface area contributed by atoms with Crippen LogP contribution in [0.1, 0.15) is 17.5 Å². The fourth-order valence-electron chi connectivity index (χ4n) is 2.95. The van der Waals surface area contributed by atoms with Crippen molar-refractivity contribution in [3.05, 3.63) is 65.5 Å². The van der Waals surface area contributed by atoms with E-state index < -0.39 is 10.0 Å². The monoisotopic (exact) mass is 406 g/mol. The van der Waals surface area contributed by atoms with Gasteiger partial charge in [0.1, 0.15) is 5.82 Å². The van der Waals surface area contributed by atoms with Crippen molar-refractivity contribution in [1.29, 1.82) is 0 Å². The first-order valence-electron chi connectivity index (χ1n) is 9.14. The number of ether oxygens (including phenoxy) is 1. The molecule has 1 N–H and O–H groups in total. The molecule has 28 heavy (non-hydrogen) atoms. The van der Waals surface area contributed by atoms with Gasteiger partial charge in [-0.2, -0.15) is 4.31 Å². The van der Waals surface area contributed by atoms with E-state index in [0.717, 1.165) is 5.56 Å². The summed E-state index contributed by atoms with van der Waals surface area (Å²) < 4.78 is 45.3. The van der Waals surface area contributed by atoms with Crippen molar-refractivity contribution >= 4 is 15.9 Å². The molecule has 1 heterocycles. The Bertz CT molecular complexity index is 910. The third-order valence-electron chi connectivity index (χ3n) is 4.61. The molecule has 2 aromatic carbocycles. The van der Waals surface area contributed by atoms with Crippen LogP contribution in [0.4, 0.5) is 4.39 Å². The second-order valence-corrected chi connectivity index (χ2v) is 8.47. The Morgan fingerprint density at radius 1 is 1.07 bits per heavy atom. The summed E-state index contributed by atoms with van der Waals surface area (Å²) >= 11 is 0. The second-order valence-electron chi connectivity index (χ2n) is 6.53. The number of hydrogen-bond donors (Lipinski definition) is 1. The van der Waals surface area contributed by atoms with E-state index in [2.05, 4.69) is 5.32 Å². The Hall–Kier alpha value is -2.29. The molecular weight excluding hydrogens is 383 g/mol. The lowest BCUT2D eigenvalue weighted by atomic mass is 10.1. The molecule has 0 radical (unpaired) electrons. The van der Waals surface area contributed by atoms with Crippen LogP contribution in [0, 0.1) is 5.82 Å². The first-order chi connectivity index (χ1) is 13.5. The first kappa shape index (κ1) is 20.4. The molecule has 1 amide bonds. The van der Waals surface area contributed by atoms with Gasteiger partial charge in [0.15, 0.2) is 0 Å². The quantitative estimate of drug-likeness (QED) is 0.764. The molecule has 0 unspecified atom stereocenters. The molecule has 0 atom stereocenters. The van der Waals surface area contributed by atoms with Gasteiger partial charge in [-0.3, -0.25) is 4.79 Å². The van der Waals surface area contributed by atoms with Crippen molar-refractivity contribution < 1.29 is 22.3 Å². The van der Waals surface area contributed by atoms with E-state index >= 15 is 0 Å². The lowest BCUT2D eigenvalue weighted by molar-refractivity contribution is -0.121. The van der Waals surface area contributed by atoms with Gasteiger partial charge in [-0.25, -0.2) is 12.8 Å². The molecule has 0 saturated carbocycles. The molecule has 0 aliphatic carbocycles. The van der Waals surface area contributed by atoms with Gasteiger partial charge in [0, 0.05) is 31.6 Å². The summed E-state index contributed by atoms with van der Waals surface area (Å²) in [6.07, 6.45) is 0.713. The van der Waals surface area contributed by atoms with E-state index in [4.69, 9.17) is 4.74 Å². The number of benzene rings is 2. The fourth-order valence-corrected chi connectivity index (χ4v) is 4.35. The van der Waals surface area contributed by atoms with Gasteiger partial charge in [0.05, 0.1) is 18.1 Å². The lowest BCUT2D eigenvalue weighted by Crippen LogP contribution is -2.40. The summed E-state index contributed by atoms with van der Waals surface area (Å²) in [6.45, 7) is 1.65. The standard InChI is InChI=1S/C20H23FN2O4S/c21-19-4-2-1-3-17(19)15-22-20(24)10-7-16-5-8-18(9-6-16)28(25,26)23-11-13-27-14-12-23/h1-6,8-9H,7,10-15H2,(H,22,24). The highest BCUT2D eigenvalue weighted by atomic mass is 32.2. The van der Waals surface area contributed by atoms with Crippen LogP contribution in [-0.4, -0.2) is 44.9 Å². The molecular formula is C20H23FN2O4S. The number of sulfonamides is 1. The molecule has 0 bridgehead atoms. The van der Waals surface area contributed by atoms with Crippen LogP contribution in [-0.2, 0) is 32.5 Å². The van der Waals surface area contributed by atoms with Gasteiger partial charge in [-0.15, -0.1) is 0 Å². The SMILES string of the molecule is O=C(CCc1ccc(S(=O)(=O)N2CCOCC2)cc1)NCc1ccccc1F. The van der Waals surface area contributed by atoms with E-state index in [-0.39, 0.29) is 29.6 Å². The molecule has 6 nitrogen and oxygen atoms in total. The second kappa shape index (κ2) is 9.27. The van der Waals surface area contributed by atoms with Crippen molar-refractivity contribution in [2.24, 2.45) is 0 Å². The zero-order valence-electron chi connectivity index (χ0n) is 15.4. The van der Waals surface area contributed by atoms with E-state index in [9.17, 15) is 17.6 Å². The number of rotatable bonds is 7. The van der Waals surface area contributed by atoms with Gasteiger partial charge in [-0.05, 0) is 30.2 Å². The first-order valence-corrected chi connectivity index (χ1v) is 10.6. The normalized spacial score (nSPS) is 15.3. The predicted molar refractivity (Wildman–Crippen MR) is 103 cm³/mol. The van der Waals surface area contributed by atoms with Crippen molar-refractivity contribution in [2.75, 3.05) is 26.3 Å². The number of nitrogens with zero attached hydrogens (tertiary/aromatic N) is 1. The van der Waals surface area contributed by atoms with E-state index in [0.29, 0.717) is 38.3 Å². The molecule has 1 saturated heterocycles. The zero-order valence-corrected chi connectivity index (χ0v) is 16.3. The number of aryl methyl sites for hydroxylation is 1. The molecule has 8 heteroatoms. The molecule has 150 valence electrons. The fraction of sp³-hybridized carbons (Fsp3) is 0.350. The van der Waals surface area contributed by atoms with Gasteiger partial charge in [0.2, 0.25) is 15.9 Å². The Labute approximate surface area is 164 Å². The van der Waals surface area contributed by atoms with Crippen LogP contribution in [0.5, 0.6) is 0 Å².